The Kier molecular flexibility index (Phi) is 4.79. The molecule has 1 saturated heterocycles. The maximum Gasteiger partial charge on any atom is 0.128 e. The van der Waals surface area contributed by atoms with Gasteiger partial charge in [-0.3, -0.25) is 0 Å². The SMILES string of the molecule is CC(C)C1CNCCc2ccc(N3CCCCCC3)nc21. The maximum absolute atomic E-state index is 5.13. The van der Waals surface area contributed by atoms with Gasteiger partial charge in [0, 0.05) is 25.6 Å². The van der Waals surface area contributed by atoms with Crippen molar-refractivity contribution in [3.05, 3.63) is 23.4 Å². The number of pyridine rings is 1. The molecule has 0 amide bonds. The molecule has 1 aromatic rings. The number of nitrogens with one attached hydrogen (secondary N) is 1. The van der Waals surface area contributed by atoms with E-state index in [0.29, 0.717) is 11.8 Å². The van der Waals surface area contributed by atoms with Gasteiger partial charge in [-0.25, -0.2) is 4.98 Å². The molecule has 2 aliphatic heterocycles. The molecule has 21 heavy (non-hydrogen) atoms. The highest BCUT2D eigenvalue weighted by Crippen LogP contribution is 2.30. The second-order valence-corrected chi connectivity index (χ2v) is 6.92. The summed E-state index contributed by atoms with van der Waals surface area (Å²) in [5.74, 6) is 2.40. The van der Waals surface area contributed by atoms with Gasteiger partial charge in [-0.1, -0.05) is 32.8 Å². The number of nitrogens with zero attached hydrogens (tertiary/aromatic N) is 2. The van der Waals surface area contributed by atoms with Crippen molar-refractivity contribution in [3.63, 3.8) is 0 Å². The standard InChI is InChI=1S/C18H29N3/c1-14(2)16-13-19-10-9-15-7-8-17(20-18(15)16)21-11-5-3-4-6-12-21/h7-8,14,16,19H,3-6,9-13H2,1-2H3. The first-order valence-corrected chi connectivity index (χ1v) is 8.71. The zero-order valence-electron chi connectivity index (χ0n) is 13.6. The topological polar surface area (TPSA) is 28.2 Å². The smallest absolute Gasteiger partial charge is 0.128 e. The number of hydrogen-bond donors (Lipinski definition) is 1. The fraction of sp³-hybridized carbons (Fsp3) is 0.722. The first-order valence-electron chi connectivity index (χ1n) is 8.71. The average Bonchev–Trinajstić information content (AvgIpc) is 2.87. The van der Waals surface area contributed by atoms with Crippen LogP contribution in [0.4, 0.5) is 5.82 Å². The van der Waals surface area contributed by atoms with Crippen molar-refractivity contribution in [2.24, 2.45) is 5.92 Å². The van der Waals surface area contributed by atoms with E-state index in [-0.39, 0.29) is 0 Å². The van der Waals surface area contributed by atoms with Crippen LogP contribution in [0.5, 0.6) is 0 Å². The molecule has 1 atom stereocenters. The van der Waals surface area contributed by atoms with Crippen LogP contribution in [0.15, 0.2) is 12.1 Å². The molecule has 1 N–H and O–H groups in total. The van der Waals surface area contributed by atoms with Gasteiger partial charge < -0.3 is 10.2 Å². The Balaban J connectivity index is 1.90. The van der Waals surface area contributed by atoms with Gasteiger partial charge in [0.15, 0.2) is 0 Å². The monoisotopic (exact) mass is 287 g/mol. The van der Waals surface area contributed by atoms with Crippen molar-refractivity contribution < 1.29 is 0 Å². The fourth-order valence-electron chi connectivity index (χ4n) is 3.63. The summed E-state index contributed by atoms with van der Waals surface area (Å²) in [6.45, 7) is 9.15. The molecule has 1 unspecified atom stereocenters. The van der Waals surface area contributed by atoms with Crippen LogP contribution in [-0.2, 0) is 6.42 Å². The van der Waals surface area contributed by atoms with Crippen LogP contribution < -0.4 is 10.2 Å². The summed E-state index contributed by atoms with van der Waals surface area (Å²) in [5.41, 5.74) is 2.81. The molecule has 1 fully saturated rings. The van der Waals surface area contributed by atoms with E-state index in [9.17, 15) is 0 Å². The van der Waals surface area contributed by atoms with E-state index >= 15 is 0 Å². The van der Waals surface area contributed by atoms with E-state index < -0.39 is 0 Å². The fourth-order valence-corrected chi connectivity index (χ4v) is 3.63. The summed E-state index contributed by atoms with van der Waals surface area (Å²) in [5, 5.41) is 3.58. The van der Waals surface area contributed by atoms with Gasteiger partial charge in [0.05, 0.1) is 5.69 Å². The van der Waals surface area contributed by atoms with Crippen LogP contribution in [0.3, 0.4) is 0 Å². The Labute approximate surface area is 129 Å². The quantitative estimate of drug-likeness (QED) is 0.904. The van der Waals surface area contributed by atoms with Crippen LogP contribution in [0.2, 0.25) is 0 Å². The summed E-state index contributed by atoms with van der Waals surface area (Å²) in [6.07, 6.45) is 6.49. The van der Waals surface area contributed by atoms with Gasteiger partial charge in [0.25, 0.3) is 0 Å². The van der Waals surface area contributed by atoms with Gasteiger partial charge in [-0.2, -0.15) is 0 Å². The Morgan fingerprint density at radius 2 is 1.90 bits per heavy atom. The number of hydrogen-bond acceptors (Lipinski definition) is 3. The third-order valence-electron chi connectivity index (χ3n) is 5.02. The zero-order chi connectivity index (χ0) is 14.7. The van der Waals surface area contributed by atoms with Gasteiger partial charge in [0.1, 0.15) is 5.82 Å². The van der Waals surface area contributed by atoms with Crippen molar-refractivity contribution in [1.29, 1.82) is 0 Å². The predicted molar refractivity (Wildman–Crippen MR) is 89.1 cm³/mol. The lowest BCUT2D eigenvalue weighted by Crippen LogP contribution is -2.27. The lowest BCUT2D eigenvalue weighted by atomic mass is 9.89. The van der Waals surface area contributed by atoms with Crippen molar-refractivity contribution in [1.82, 2.24) is 10.3 Å². The lowest BCUT2D eigenvalue weighted by Gasteiger charge is -2.25. The number of anilines is 1. The maximum atomic E-state index is 5.13. The lowest BCUT2D eigenvalue weighted by molar-refractivity contribution is 0.466. The number of aromatic nitrogens is 1. The molecule has 0 radical (unpaired) electrons. The van der Waals surface area contributed by atoms with E-state index in [4.69, 9.17) is 4.98 Å². The molecule has 0 saturated carbocycles. The molecule has 0 spiro atoms. The second kappa shape index (κ2) is 6.78. The summed E-state index contributed by atoms with van der Waals surface area (Å²) in [6, 6.07) is 4.60. The Bertz CT molecular complexity index is 462. The Hall–Kier alpha value is -1.09. The summed E-state index contributed by atoms with van der Waals surface area (Å²) >= 11 is 0. The van der Waals surface area contributed by atoms with Crippen LogP contribution in [0.25, 0.3) is 0 Å². The molecule has 2 aliphatic rings. The number of fused-ring (bicyclic) bond motifs is 1. The molecule has 0 aromatic carbocycles. The van der Waals surface area contributed by atoms with Crippen LogP contribution in [0.1, 0.15) is 56.7 Å². The van der Waals surface area contributed by atoms with E-state index in [1.165, 1.54) is 55.8 Å². The summed E-state index contributed by atoms with van der Waals surface area (Å²) in [7, 11) is 0. The van der Waals surface area contributed by atoms with Gasteiger partial charge >= 0.3 is 0 Å². The first kappa shape index (κ1) is 14.8. The molecule has 3 rings (SSSR count). The van der Waals surface area contributed by atoms with E-state index in [0.717, 1.165) is 19.5 Å². The molecule has 1 aromatic heterocycles. The number of rotatable bonds is 2. The largest absolute Gasteiger partial charge is 0.357 e. The predicted octanol–water partition coefficient (Wildman–Crippen LogP) is 3.35. The zero-order valence-corrected chi connectivity index (χ0v) is 13.6. The van der Waals surface area contributed by atoms with Crippen molar-refractivity contribution in [2.75, 3.05) is 31.1 Å². The summed E-state index contributed by atoms with van der Waals surface area (Å²) < 4.78 is 0. The molecule has 0 aliphatic carbocycles. The van der Waals surface area contributed by atoms with E-state index in [1.807, 2.05) is 0 Å². The molecular formula is C18H29N3. The Morgan fingerprint density at radius 1 is 1.14 bits per heavy atom. The third-order valence-corrected chi connectivity index (χ3v) is 5.02. The van der Waals surface area contributed by atoms with Crippen molar-refractivity contribution >= 4 is 5.82 Å². The van der Waals surface area contributed by atoms with Crippen molar-refractivity contribution in [2.45, 2.75) is 51.9 Å². The molecule has 116 valence electrons. The molecular weight excluding hydrogens is 258 g/mol. The van der Waals surface area contributed by atoms with Crippen LogP contribution in [-0.4, -0.2) is 31.2 Å². The van der Waals surface area contributed by atoms with Crippen molar-refractivity contribution in [3.8, 4) is 0 Å². The summed E-state index contributed by atoms with van der Waals surface area (Å²) in [4.78, 5) is 7.63. The second-order valence-electron chi connectivity index (χ2n) is 6.92. The minimum Gasteiger partial charge on any atom is -0.357 e. The van der Waals surface area contributed by atoms with Crippen LogP contribution >= 0.6 is 0 Å². The Morgan fingerprint density at radius 3 is 2.62 bits per heavy atom. The normalized spacial score (nSPS) is 23.6. The highest BCUT2D eigenvalue weighted by atomic mass is 15.2. The molecule has 3 nitrogen and oxygen atoms in total. The molecule has 3 heterocycles. The highest BCUT2D eigenvalue weighted by molar-refractivity contribution is 5.43. The van der Waals surface area contributed by atoms with Gasteiger partial charge in [-0.05, 0) is 43.4 Å². The molecule has 0 bridgehead atoms. The van der Waals surface area contributed by atoms with Gasteiger partial charge in [0.2, 0.25) is 0 Å². The van der Waals surface area contributed by atoms with Gasteiger partial charge in [-0.15, -0.1) is 0 Å². The van der Waals surface area contributed by atoms with E-state index in [2.05, 4.69) is 36.2 Å². The average molecular weight is 287 g/mol. The highest BCUT2D eigenvalue weighted by Gasteiger charge is 2.24. The first-order chi connectivity index (χ1) is 10.3. The third kappa shape index (κ3) is 3.39. The van der Waals surface area contributed by atoms with E-state index in [1.54, 1.807) is 0 Å². The minimum atomic E-state index is 0.550. The van der Waals surface area contributed by atoms with Crippen LogP contribution in [0, 0.1) is 5.92 Å². The minimum absolute atomic E-state index is 0.550. The molecule has 3 heteroatoms.